The van der Waals surface area contributed by atoms with Crippen molar-refractivity contribution in [1.29, 1.82) is 0 Å². The van der Waals surface area contributed by atoms with Crippen molar-refractivity contribution in [2.75, 3.05) is 6.54 Å². The average molecular weight is 211 g/mol. The molecule has 15 heavy (non-hydrogen) atoms. The van der Waals surface area contributed by atoms with Crippen LogP contribution in [0.1, 0.15) is 33.6 Å². The molecule has 86 valence electrons. The number of carbonyl (C=O) groups is 1. The van der Waals surface area contributed by atoms with E-state index in [1.54, 1.807) is 0 Å². The van der Waals surface area contributed by atoms with Crippen LogP contribution in [0.2, 0.25) is 0 Å². The monoisotopic (exact) mass is 211 g/mol. The van der Waals surface area contributed by atoms with Crippen molar-refractivity contribution >= 4 is 5.97 Å². The number of piperidine rings is 1. The molecule has 0 bridgehead atoms. The Morgan fingerprint density at radius 3 is 2.73 bits per heavy atom. The minimum Gasteiger partial charge on any atom is -0.460 e. The van der Waals surface area contributed by atoms with Crippen LogP contribution in [-0.2, 0) is 9.53 Å². The summed E-state index contributed by atoms with van der Waals surface area (Å²) >= 11 is 0. The van der Waals surface area contributed by atoms with Crippen molar-refractivity contribution in [1.82, 2.24) is 5.32 Å². The highest BCUT2D eigenvalue weighted by atomic mass is 16.6. The number of nitrogens with one attached hydrogen (secondary N) is 1. The van der Waals surface area contributed by atoms with Crippen molar-refractivity contribution in [3.05, 3.63) is 12.7 Å². The van der Waals surface area contributed by atoms with Gasteiger partial charge in [-0.25, -0.2) is 0 Å². The lowest BCUT2D eigenvalue weighted by molar-refractivity contribution is -0.161. The molecule has 1 aliphatic heterocycles. The molecule has 0 aromatic rings. The molecule has 1 unspecified atom stereocenters. The number of hydrogen-bond donors (Lipinski definition) is 1. The Bertz CT molecular complexity index is 242. The van der Waals surface area contributed by atoms with Gasteiger partial charge in [0.15, 0.2) is 0 Å². The first-order valence-electron chi connectivity index (χ1n) is 5.51. The van der Waals surface area contributed by atoms with E-state index in [2.05, 4.69) is 11.9 Å². The average Bonchev–Trinajstić information content (AvgIpc) is 2.15. The minimum absolute atomic E-state index is 0.0217. The first kappa shape index (κ1) is 12.2. The van der Waals surface area contributed by atoms with E-state index >= 15 is 0 Å². The van der Waals surface area contributed by atoms with Gasteiger partial charge in [0, 0.05) is 6.04 Å². The fourth-order valence-electron chi connectivity index (χ4n) is 1.73. The molecule has 3 nitrogen and oxygen atoms in total. The molecule has 1 saturated heterocycles. The molecule has 2 atom stereocenters. The van der Waals surface area contributed by atoms with E-state index in [0.29, 0.717) is 0 Å². The van der Waals surface area contributed by atoms with Gasteiger partial charge in [-0.2, -0.15) is 0 Å². The highest BCUT2D eigenvalue weighted by molar-refractivity contribution is 5.73. The molecule has 0 amide bonds. The zero-order chi connectivity index (χ0) is 11.5. The molecule has 3 heteroatoms. The Balaban J connectivity index is 2.49. The van der Waals surface area contributed by atoms with Crippen LogP contribution in [0.15, 0.2) is 12.7 Å². The fraction of sp³-hybridized carbons (Fsp3) is 0.750. The van der Waals surface area contributed by atoms with Crippen molar-refractivity contribution in [2.45, 2.75) is 45.3 Å². The number of esters is 1. The second kappa shape index (κ2) is 4.79. The molecular formula is C12H21NO2. The summed E-state index contributed by atoms with van der Waals surface area (Å²) < 4.78 is 5.37. The van der Waals surface area contributed by atoms with Gasteiger partial charge < -0.3 is 10.1 Å². The summed E-state index contributed by atoms with van der Waals surface area (Å²) in [6.07, 6.45) is 3.52. The second-order valence-electron chi connectivity index (χ2n) is 5.05. The standard InChI is InChI=1S/C12H21NO2/c1-5-10-8-9(6-7-13-10)11(14)15-12(2,3)4/h5,9-10,13H,1,6-8H2,2-4H3/t9?,10-/m0/s1. The zero-order valence-corrected chi connectivity index (χ0v) is 9.88. The summed E-state index contributed by atoms with van der Waals surface area (Å²) in [6.45, 7) is 10.3. The van der Waals surface area contributed by atoms with Gasteiger partial charge in [0.05, 0.1) is 5.92 Å². The number of carbonyl (C=O) groups excluding carboxylic acids is 1. The van der Waals surface area contributed by atoms with Crippen LogP contribution < -0.4 is 5.32 Å². The first-order chi connectivity index (χ1) is 6.92. The summed E-state index contributed by atoms with van der Waals surface area (Å²) in [5.74, 6) is -0.0516. The maximum Gasteiger partial charge on any atom is 0.309 e. The third kappa shape index (κ3) is 4.04. The van der Waals surface area contributed by atoms with Crippen LogP contribution in [0.5, 0.6) is 0 Å². The number of hydrogen-bond acceptors (Lipinski definition) is 3. The van der Waals surface area contributed by atoms with Gasteiger partial charge in [-0.1, -0.05) is 6.08 Å². The van der Waals surface area contributed by atoms with E-state index in [-0.39, 0.29) is 23.5 Å². The van der Waals surface area contributed by atoms with Gasteiger partial charge in [0.2, 0.25) is 0 Å². The van der Waals surface area contributed by atoms with Crippen molar-refractivity contribution in [3.8, 4) is 0 Å². The lowest BCUT2D eigenvalue weighted by atomic mass is 9.92. The SMILES string of the molecule is C=C[C@H]1CC(C(=O)OC(C)(C)C)CCN1. The van der Waals surface area contributed by atoms with Crippen molar-refractivity contribution in [2.24, 2.45) is 5.92 Å². The van der Waals surface area contributed by atoms with Crippen molar-refractivity contribution < 1.29 is 9.53 Å². The van der Waals surface area contributed by atoms with E-state index in [9.17, 15) is 4.79 Å². The fourth-order valence-corrected chi connectivity index (χ4v) is 1.73. The largest absolute Gasteiger partial charge is 0.460 e. The Morgan fingerprint density at radius 2 is 2.20 bits per heavy atom. The van der Waals surface area contributed by atoms with Crippen LogP contribution in [0.4, 0.5) is 0 Å². The van der Waals surface area contributed by atoms with Crippen LogP contribution in [-0.4, -0.2) is 24.2 Å². The number of ether oxygens (including phenoxy) is 1. The summed E-state index contributed by atoms with van der Waals surface area (Å²) in [5.41, 5.74) is -0.383. The summed E-state index contributed by atoms with van der Waals surface area (Å²) in [6, 6.07) is 0.247. The van der Waals surface area contributed by atoms with Gasteiger partial charge in [0.25, 0.3) is 0 Å². The third-order valence-electron chi connectivity index (χ3n) is 2.46. The Labute approximate surface area is 91.9 Å². The van der Waals surface area contributed by atoms with Gasteiger partial charge in [0.1, 0.15) is 5.60 Å². The van der Waals surface area contributed by atoms with Crippen LogP contribution in [0, 0.1) is 5.92 Å². The molecule has 1 aliphatic rings. The maximum atomic E-state index is 11.8. The van der Waals surface area contributed by atoms with Gasteiger partial charge in [-0.3, -0.25) is 4.79 Å². The summed E-state index contributed by atoms with van der Waals surface area (Å²) in [7, 11) is 0. The van der Waals surface area contributed by atoms with E-state index in [1.807, 2.05) is 26.8 Å². The normalized spacial score (nSPS) is 27.1. The minimum atomic E-state index is -0.383. The molecule has 1 fully saturated rings. The topological polar surface area (TPSA) is 38.3 Å². The summed E-state index contributed by atoms with van der Waals surface area (Å²) in [4.78, 5) is 11.8. The molecule has 1 rings (SSSR count). The van der Waals surface area contributed by atoms with Gasteiger partial charge in [-0.15, -0.1) is 6.58 Å². The van der Waals surface area contributed by atoms with E-state index in [0.717, 1.165) is 19.4 Å². The molecule has 0 spiro atoms. The first-order valence-corrected chi connectivity index (χ1v) is 5.51. The van der Waals surface area contributed by atoms with E-state index < -0.39 is 0 Å². The maximum absolute atomic E-state index is 11.8. The van der Waals surface area contributed by atoms with Crippen LogP contribution >= 0.6 is 0 Å². The Kier molecular flexibility index (Phi) is 3.91. The molecular weight excluding hydrogens is 190 g/mol. The lowest BCUT2D eigenvalue weighted by Crippen LogP contribution is -2.41. The van der Waals surface area contributed by atoms with Gasteiger partial charge in [-0.05, 0) is 40.2 Å². The molecule has 0 aliphatic carbocycles. The highest BCUT2D eigenvalue weighted by Crippen LogP contribution is 2.21. The summed E-state index contributed by atoms with van der Waals surface area (Å²) in [5, 5.41) is 3.29. The van der Waals surface area contributed by atoms with Crippen molar-refractivity contribution in [3.63, 3.8) is 0 Å². The highest BCUT2D eigenvalue weighted by Gasteiger charge is 2.29. The number of rotatable bonds is 2. The lowest BCUT2D eigenvalue weighted by Gasteiger charge is -2.29. The molecule has 1 heterocycles. The van der Waals surface area contributed by atoms with E-state index in [4.69, 9.17) is 4.74 Å². The molecule has 0 radical (unpaired) electrons. The smallest absolute Gasteiger partial charge is 0.309 e. The zero-order valence-electron chi connectivity index (χ0n) is 9.88. The van der Waals surface area contributed by atoms with Crippen LogP contribution in [0.3, 0.4) is 0 Å². The molecule has 0 aromatic carbocycles. The molecule has 0 saturated carbocycles. The molecule has 0 aromatic heterocycles. The Hall–Kier alpha value is -0.830. The Morgan fingerprint density at radius 1 is 1.53 bits per heavy atom. The quantitative estimate of drug-likeness (QED) is 0.560. The van der Waals surface area contributed by atoms with E-state index in [1.165, 1.54) is 0 Å². The van der Waals surface area contributed by atoms with Crippen LogP contribution in [0.25, 0.3) is 0 Å². The molecule has 1 N–H and O–H groups in total. The predicted molar refractivity (Wildman–Crippen MR) is 60.6 cm³/mol. The predicted octanol–water partition coefficient (Wildman–Crippen LogP) is 1.88. The third-order valence-corrected chi connectivity index (χ3v) is 2.46. The van der Waals surface area contributed by atoms with Gasteiger partial charge >= 0.3 is 5.97 Å². The second-order valence-corrected chi connectivity index (χ2v) is 5.05.